The summed E-state index contributed by atoms with van der Waals surface area (Å²) in [6.07, 6.45) is 0. The second kappa shape index (κ2) is 20.9. The van der Waals surface area contributed by atoms with Crippen molar-refractivity contribution in [1.82, 2.24) is 9.13 Å². The number of aromatic nitrogens is 2. The molecule has 16 aromatic rings. The second-order valence-electron chi connectivity index (χ2n) is 25.0. The quantitative estimate of drug-likeness (QED) is 0.141. The lowest BCUT2D eigenvalue weighted by atomic mass is 9.34. The molecule has 0 N–H and O–H groups in total. The van der Waals surface area contributed by atoms with Gasteiger partial charge in [-0.2, -0.15) is 0 Å². The molecule has 0 saturated carbocycles. The van der Waals surface area contributed by atoms with Gasteiger partial charge >= 0.3 is 0 Å². The molecule has 0 amide bonds. The first-order chi connectivity index (χ1) is 49.2. The zero-order valence-electron chi connectivity index (χ0n) is 58.8. The van der Waals surface area contributed by atoms with Gasteiger partial charge in [0.25, 0.3) is 0 Å². The molecule has 0 atom stereocenters. The van der Waals surface area contributed by atoms with Crippen LogP contribution in [0.1, 0.15) is 35.9 Å². The van der Waals surface area contributed by atoms with E-state index < -0.39 is 29.6 Å². The summed E-state index contributed by atoms with van der Waals surface area (Å²) in [5.74, 6) is 0. The van der Waals surface area contributed by atoms with Gasteiger partial charge in [0.05, 0.1) is 50.1 Å². The predicted molar refractivity (Wildman–Crippen MR) is 394 cm³/mol. The van der Waals surface area contributed by atoms with Crippen molar-refractivity contribution in [3.63, 3.8) is 0 Å². The third-order valence-electron chi connectivity index (χ3n) is 19.6. The van der Waals surface area contributed by atoms with E-state index in [1.807, 2.05) is 18.2 Å². The van der Waals surface area contributed by atoms with Crippen LogP contribution in [0.4, 0.5) is 34.1 Å². The zero-order valence-corrected chi connectivity index (χ0v) is 51.6. The molecule has 4 nitrogen and oxygen atoms in total. The Bertz CT molecular complexity index is 6030. The SMILES string of the molecule is [2H]c1c([2H])c([2H])c2c(c1[2H])c1c([2H])c([2H])c([2H])c([2H])c1n2-c1ccc2c(c1)N(c1c(-c3ccccc3)cccc1-c1ccccc1)c1cc(-c3ccc4c(c3)C(C)(C)c3ccccc3N4c3ccccc3)cc3c1B2c1ccc(-c2ccc(-n4c5ccccc5c5ccccc54)cc2)cc1S3. The van der Waals surface area contributed by atoms with Gasteiger partial charge in [0.15, 0.2) is 0 Å². The highest BCUT2D eigenvalue weighted by atomic mass is 32.2. The fraction of sp³-hybridized carbons (Fsp3) is 0.0345. The van der Waals surface area contributed by atoms with Crippen LogP contribution >= 0.6 is 11.8 Å². The molecule has 2 aromatic heterocycles. The van der Waals surface area contributed by atoms with Gasteiger partial charge in [-0.15, -0.1) is 0 Å². The molecule has 0 bridgehead atoms. The molecular formula is C87H59BN4S. The summed E-state index contributed by atoms with van der Waals surface area (Å²) in [6, 6.07) is 94.2. The Morgan fingerprint density at radius 2 is 0.871 bits per heavy atom. The molecule has 436 valence electrons. The van der Waals surface area contributed by atoms with E-state index in [2.05, 4.69) is 283 Å². The standard InChI is InChI=1S/C87H59BN4S/c1-87(2)71-35-16-21-40-79(71)90(62-27-10-5-11-28-62)80-50-44-59(51-72(80)87)61-52-82-85-84(54-61)93-83-53-60(56-41-45-63(46-42-56)89-75-36-17-12-29-67(75)68-30-13-18-37-76(68)89)43-48-74(83)88(85)73-49-47-64(91-77-38-19-14-31-69(77)70-32-15-20-39-78(70)91)55-81(73)92(82)86-65(57-23-6-3-7-24-57)33-22-34-66(86)58-25-8-4-9-26-58/h3-55H,1-2H3/i14D,15D,19D,20D,31D,32D,38D,39D. The van der Waals surface area contributed by atoms with Gasteiger partial charge < -0.3 is 18.9 Å². The number of anilines is 6. The van der Waals surface area contributed by atoms with Crippen LogP contribution in [0.25, 0.3) is 99.5 Å². The van der Waals surface area contributed by atoms with Crippen LogP contribution in [-0.2, 0) is 5.41 Å². The summed E-state index contributed by atoms with van der Waals surface area (Å²) in [5, 5.41) is 2.46. The van der Waals surface area contributed by atoms with Gasteiger partial charge in [-0.25, -0.2) is 0 Å². The summed E-state index contributed by atoms with van der Waals surface area (Å²) >= 11 is 1.79. The molecule has 14 aromatic carbocycles. The number of para-hydroxylation sites is 7. The van der Waals surface area contributed by atoms with Gasteiger partial charge in [0.2, 0.25) is 6.71 Å². The third-order valence-corrected chi connectivity index (χ3v) is 20.7. The normalized spacial score (nSPS) is 14.7. The lowest BCUT2D eigenvalue weighted by molar-refractivity contribution is 0.632. The predicted octanol–water partition coefficient (Wildman–Crippen LogP) is 21.4. The van der Waals surface area contributed by atoms with E-state index in [1.54, 1.807) is 16.3 Å². The zero-order chi connectivity index (χ0) is 68.4. The molecule has 93 heavy (non-hydrogen) atoms. The van der Waals surface area contributed by atoms with E-state index in [0.29, 0.717) is 5.69 Å². The molecule has 0 fully saturated rings. The minimum absolute atomic E-state index is 0.0204. The van der Waals surface area contributed by atoms with E-state index in [9.17, 15) is 5.48 Å². The van der Waals surface area contributed by atoms with Crippen LogP contribution in [-0.4, -0.2) is 15.8 Å². The van der Waals surface area contributed by atoms with Crippen molar-refractivity contribution in [2.24, 2.45) is 0 Å². The minimum atomic E-state index is -0.492. The Labute approximate surface area is 556 Å². The van der Waals surface area contributed by atoms with Crippen molar-refractivity contribution >= 4 is 113 Å². The van der Waals surface area contributed by atoms with Gasteiger partial charge in [-0.1, -0.05) is 255 Å². The highest BCUT2D eigenvalue weighted by Gasteiger charge is 2.44. The largest absolute Gasteiger partial charge is 0.310 e. The van der Waals surface area contributed by atoms with Crippen LogP contribution in [0.3, 0.4) is 0 Å². The molecular weight excluding hydrogens is 1140 g/mol. The lowest BCUT2D eigenvalue weighted by Gasteiger charge is -2.43. The average Bonchev–Trinajstić information content (AvgIpc) is 1.63. The minimum Gasteiger partial charge on any atom is -0.310 e. The monoisotopic (exact) mass is 1210 g/mol. The maximum atomic E-state index is 9.69. The van der Waals surface area contributed by atoms with Crippen LogP contribution in [0.15, 0.2) is 331 Å². The molecule has 0 aliphatic carbocycles. The fourth-order valence-electron chi connectivity index (χ4n) is 15.4. The number of rotatable bonds is 8. The Morgan fingerprint density at radius 3 is 1.56 bits per heavy atom. The highest BCUT2D eigenvalue weighted by Crippen LogP contribution is 2.55. The Balaban J connectivity index is 0.891. The number of fused-ring (bicyclic) bond motifs is 12. The molecule has 3 aliphatic heterocycles. The number of hydrogen-bond acceptors (Lipinski definition) is 3. The molecule has 19 rings (SSSR count). The first-order valence-corrected chi connectivity index (χ1v) is 32.4. The molecule has 0 radical (unpaired) electrons. The van der Waals surface area contributed by atoms with Crippen molar-refractivity contribution < 1.29 is 11.0 Å². The molecule has 3 aliphatic rings. The van der Waals surface area contributed by atoms with E-state index in [0.717, 1.165) is 122 Å². The van der Waals surface area contributed by atoms with Crippen LogP contribution in [0.5, 0.6) is 0 Å². The molecule has 6 heteroatoms. The topological polar surface area (TPSA) is 16.3 Å². The summed E-state index contributed by atoms with van der Waals surface area (Å²) in [7, 11) is 0. The van der Waals surface area contributed by atoms with E-state index >= 15 is 0 Å². The maximum absolute atomic E-state index is 9.69. The van der Waals surface area contributed by atoms with E-state index in [1.165, 1.54) is 21.9 Å². The van der Waals surface area contributed by atoms with Gasteiger partial charge in [-0.3, -0.25) is 0 Å². The van der Waals surface area contributed by atoms with Gasteiger partial charge in [-0.05, 0) is 152 Å². The first kappa shape index (κ1) is 45.9. The summed E-state index contributed by atoms with van der Waals surface area (Å²) < 4.78 is 78.5. The van der Waals surface area contributed by atoms with Crippen molar-refractivity contribution in [3.05, 3.63) is 332 Å². The van der Waals surface area contributed by atoms with Gasteiger partial charge in [0, 0.05) is 76.3 Å². The van der Waals surface area contributed by atoms with Crippen molar-refractivity contribution in [2.75, 3.05) is 9.80 Å². The average molecular weight is 1210 g/mol. The number of nitrogens with zero attached hydrogens (tertiary/aromatic N) is 4. The summed E-state index contributed by atoms with van der Waals surface area (Å²) in [5.41, 5.74) is 23.2. The molecule has 0 unspecified atom stereocenters. The van der Waals surface area contributed by atoms with Crippen molar-refractivity contribution in [3.8, 4) is 55.9 Å². The first-order valence-electron chi connectivity index (χ1n) is 35.6. The smallest absolute Gasteiger partial charge is 0.249 e. The maximum Gasteiger partial charge on any atom is 0.249 e. The number of hydrogen-bond donors (Lipinski definition) is 0. The molecule has 0 spiro atoms. The van der Waals surface area contributed by atoms with Gasteiger partial charge in [0.1, 0.15) is 0 Å². The van der Waals surface area contributed by atoms with E-state index in [4.69, 9.17) is 5.48 Å². The Morgan fingerprint density at radius 1 is 0.333 bits per heavy atom. The second-order valence-corrected chi connectivity index (χ2v) is 26.0. The molecule has 5 heterocycles. The highest BCUT2D eigenvalue weighted by molar-refractivity contribution is 8.00. The number of benzene rings is 14. The summed E-state index contributed by atoms with van der Waals surface area (Å²) in [4.78, 5) is 6.99. The molecule has 0 saturated heterocycles. The fourth-order valence-corrected chi connectivity index (χ4v) is 16.6. The van der Waals surface area contributed by atoms with E-state index in [-0.39, 0.29) is 52.7 Å². The lowest BCUT2D eigenvalue weighted by Crippen LogP contribution is -2.59. The Kier molecular flexibility index (Phi) is 10.3. The van der Waals surface area contributed by atoms with Crippen LogP contribution in [0, 0.1) is 0 Å². The van der Waals surface area contributed by atoms with Crippen molar-refractivity contribution in [2.45, 2.75) is 29.1 Å². The van der Waals surface area contributed by atoms with Crippen LogP contribution < -0.4 is 26.2 Å². The van der Waals surface area contributed by atoms with Crippen molar-refractivity contribution in [1.29, 1.82) is 0 Å². The Hall–Kier alpha value is -11.3. The third kappa shape index (κ3) is 8.21. The van der Waals surface area contributed by atoms with Crippen LogP contribution in [0.2, 0.25) is 0 Å². The summed E-state index contributed by atoms with van der Waals surface area (Å²) in [6.45, 7) is 4.30.